The quantitative estimate of drug-likeness (QED) is 0.289. The molecule has 1 unspecified atom stereocenters. The molecule has 1 atom stereocenters. The van der Waals surface area contributed by atoms with Crippen LogP contribution in [0.4, 0.5) is 5.69 Å². The highest BCUT2D eigenvalue weighted by Crippen LogP contribution is 2.45. The van der Waals surface area contributed by atoms with Crippen LogP contribution in [-0.2, 0) is 0 Å². The summed E-state index contributed by atoms with van der Waals surface area (Å²) in [5, 5.41) is 29.8. The molecule has 8 heteroatoms. The van der Waals surface area contributed by atoms with E-state index in [0.717, 1.165) is 0 Å². The number of phenols is 2. The molecule has 3 aromatic rings. The Hall–Kier alpha value is -3.63. The fourth-order valence-corrected chi connectivity index (χ4v) is 3.44. The van der Waals surface area contributed by atoms with Gasteiger partial charge in [0.1, 0.15) is 22.5 Å². The molecule has 1 aliphatic heterocycles. The van der Waals surface area contributed by atoms with Crippen LogP contribution in [0.1, 0.15) is 17.0 Å². The van der Waals surface area contributed by atoms with Crippen molar-refractivity contribution in [3.63, 3.8) is 0 Å². The van der Waals surface area contributed by atoms with E-state index < -0.39 is 5.92 Å². The number of pyridine rings is 1. The molecular weight excluding hydrogens is 368 g/mol. The van der Waals surface area contributed by atoms with E-state index in [1.54, 1.807) is 24.3 Å². The Morgan fingerprint density at radius 1 is 1.07 bits per heavy atom. The number of ether oxygens (including phenoxy) is 1. The molecule has 4 rings (SSSR count). The number of aromatic hydroxyl groups is 2. The Labute approximate surface area is 158 Å². The van der Waals surface area contributed by atoms with Crippen LogP contribution in [0.5, 0.6) is 17.2 Å². The molecule has 134 valence electrons. The molecule has 2 heterocycles. The van der Waals surface area contributed by atoms with E-state index in [1.807, 2.05) is 0 Å². The molecule has 0 saturated heterocycles. The van der Waals surface area contributed by atoms with Gasteiger partial charge in [-0.15, -0.1) is 0 Å². The first-order valence-electron chi connectivity index (χ1n) is 7.88. The summed E-state index contributed by atoms with van der Waals surface area (Å²) >= 11 is 6.40. The van der Waals surface area contributed by atoms with Crippen molar-refractivity contribution in [3.05, 3.63) is 64.1 Å². The summed E-state index contributed by atoms with van der Waals surface area (Å²) in [6.45, 7) is 0. The zero-order valence-corrected chi connectivity index (χ0v) is 14.5. The van der Waals surface area contributed by atoms with Gasteiger partial charge in [-0.2, -0.15) is 5.26 Å². The number of phenolic OH excluding ortho intramolecular Hbond substituents is 2. The van der Waals surface area contributed by atoms with Crippen molar-refractivity contribution in [2.24, 2.45) is 5.73 Å². The SMILES string of the molecule is N#CC1=C(N)Oc2cc(N)ccc2C1c1cc2cc(O)c(O)cc2nc1Cl. The van der Waals surface area contributed by atoms with Gasteiger partial charge < -0.3 is 26.4 Å². The number of aromatic nitrogens is 1. The molecule has 0 amide bonds. The molecule has 0 radical (unpaired) electrons. The van der Waals surface area contributed by atoms with Gasteiger partial charge in [-0.05, 0) is 18.2 Å². The van der Waals surface area contributed by atoms with Crippen LogP contribution in [-0.4, -0.2) is 15.2 Å². The highest BCUT2D eigenvalue weighted by molar-refractivity contribution is 6.30. The topological polar surface area (TPSA) is 138 Å². The number of nitrogen functional groups attached to an aromatic ring is 1. The second-order valence-electron chi connectivity index (χ2n) is 6.12. The smallest absolute Gasteiger partial charge is 0.205 e. The van der Waals surface area contributed by atoms with Crippen molar-refractivity contribution in [1.82, 2.24) is 4.98 Å². The number of hydrogen-bond acceptors (Lipinski definition) is 7. The summed E-state index contributed by atoms with van der Waals surface area (Å²) in [4.78, 5) is 4.29. The van der Waals surface area contributed by atoms with Gasteiger partial charge in [0.2, 0.25) is 5.88 Å². The van der Waals surface area contributed by atoms with E-state index in [9.17, 15) is 15.5 Å². The maximum atomic E-state index is 9.79. The largest absolute Gasteiger partial charge is 0.504 e. The van der Waals surface area contributed by atoms with Gasteiger partial charge in [-0.1, -0.05) is 17.7 Å². The predicted octanol–water partition coefficient (Wildman–Crippen LogP) is 3.10. The number of nitriles is 1. The number of hydrogen-bond donors (Lipinski definition) is 4. The normalized spacial score (nSPS) is 15.9. The summed E-state index contributed by atoms with van der Waals surface area (Å²) in [6.07, 6.45) is 0. The number of fused-ring (bicyclic) bond motifs is 2. The standard InChI is InChI=1S/C19H13ClN4O3/c20-18-11(3-8-4-14(25)15(26)6-13(8)24-18)17-10-2-1-9(22)5-16(10)27-19(23)12(17)7-21/h1-6,17,25-26H,22-23H2. The monoisotopic (exact) mass is 380 g/mol. The molecular formula is C19H13ClN4O3. The number of halogens is 1. The second-order valence-corrected chi connectivity index (χ2v) is 6.48. The summed E-state index contributed by atoms with van der Waals surface area (Å²) in [7, 11) is 0. The molecule has 0 fully saturated rings. The molecule has 2 aromatic carbocycles. The van der Waals surface area contributed by atoms with Crippen LogP contribution in [0.15, 0.2) is 47.9 Å². The fourth-order valence-electron chi connectivity index (χ4n) is 3.19. The van der Waals surface area contributed by atoms with Crippen LogP contribution in [0.25, 0.3) is 10.9 Å². The molecule has 27 heavy (non-hydrogen) atoms. The first kappa shape index (κ1) is 16.8. The Balaban J connectivity index is 2.00. The van der Waals surface area contributed by atoms with E-state index in [1.165, 1.54) is 12.1 Å². The number of benzene rings is 2. The van der Waals surface area contributed by atoms with Crippen molar-refractivity contribution < 1.29 is 14.9 Å². The molecule has 0 bridgehead atoms. The number of rotatable bonds is 1. The van der Waals surface area contributed by atoms with Gasteiger partial charge in [0.15, 0.2) is 11.5 Å². The van der Waals surface area contributed by atoms with E-state index in [0.29, 0.717) is 33.5 Å². The lowest BCUT2D eigenvalue weighted by Gasteiger charge is -2.27. The zero-order valence-electron chi connectivity index (χ0n) is 13.8. The first-order valence-corrected chi connectivity index (χ1v) is 8.26. The molecule has 6 N–H and O–H groups in total. The average Bonchev–Trinajstić information content (AvgIpc) is 2.61. The van der Waals surface area contributed by atoms with Gasteiger partial charge in [-0.25, -0.2) is 4.98 Å². The summed E-state index contributed by atoms with van der Waals surface area (Å²) in [5.74, 6) is -0.799. The van der Waals surface area contributed by atoms with Gasteiger partial charge in [-0.3, -0.25) is 0 Å². The minimum absolute atomic E-state index is 0.0367. The van der Waals surface area contributed by atoms with Crippen molar-refractivity contribution >= 4 is 28.2 Å². The third-order valence-corrected chi connectivity index (χ3v) is 4.75. The van der Waals surface area contributed by atoms with Crippen LogP contribution in [0.3, 0.4) is 0 Å². The van der Waals surface area contributed by atoms with Crippen molar-refractivity contribution in [2.45, 2.75) is 5.92 Å². The van der Waals surface area contributed by atoms with Crippen LogP contribution < -0.4 is 16.2 Å². The highest BCUT2D eigenvalue weighted by Gasteiger charge is 2.32. The average molecular weight is 381 g/mol. The Bertz CT molecular complexity index is 1180. The zero-order chi connectivity index (χ0) is 19.3. The fraction of sp³-hybridized carbons (Fsp3) is 0.0526. The lowest BCUT2D eigenvalue weighted by Crippen LogP contribution is -2.21. The minimum atomic E-state index is -0.611. The maximum absolute atomic E-state index is 9.79. The maximum Gasteiger partial charge on any atom is 0.205 e. The summed E-state index contributed by atoms with van der Waals surface area (Å²) < 4.78 is 5.55. The Kier molecular flexibility index (Phi) is 3.72. The molecule has 0 saturated carbocycles. The molecule has 1 aliphatic rings. The molecule has 7 nitrogen and oxygen atoms in total. The van der Waals surface area contributed by atoms with Crippen LogP contribution >= 0.6 is 11.6 Å². The number of allylic oxidation sites excluding steroid dienone is 1. The first-order chi connectivity index (χ1) is 12.9. The van der Waals surface area contributed by atoms with Crippen molar-refractivity contribution in [2.75, 3.05) is 5.73 Å². The van der Waals surface area contributed by atoms with Gasteiger partial charge in [0.05, 0.1) is 11.4 Å². The highest BCUT2D eigenvalue weighted by atomic mass is 35.5. The number of nitrogens with two attached hydrogens (primary N) is 2. The third kappa shape index (κ3) is 2.63. The number of nitrogens with zero attached hydrogens (tertiary/aromatic N) is 2. The van der Waals surface area contributed by atoms with Crippen LogP contribution in [0, 0.1) is 11.3 Å². The van der Waals surface area contributed by atoms with E-state index in [4.69, 9.17) is 27.8 Å². The van der Waals surface area contributed by atoms with E-state index in [-0.39, 0.29) is 28.1 Å². The summed E-state index contributed by atoms with van der Waals surface area (Å²) in [5.41, 5.74) is 14.0. The molecule has 1 aromatic heterocycles. The lowest BCUT2D eigenvalue weighted by atomic mass is 9.83. The van der Waals surface area contributed by atoms with Crippen molar-refractivity contribution in [3.8, 4) is 23.3 Å². The predicted molar refractivity (Wildman–Crippen MR) is 100 cm³/mol. The third-order valence-electron chi connectivity index (χ3n) is 4.45. The van der Waals surface area contributed by atoms with Crippen LogP contribution in [0.2, 0.25) is 5.15 Å². The van der Waals surface area contributed by atoms with E-state index in [2.05, 4.69) is 11.1 Å². The Morgan fingerprint density at radius 3 is 2.56 bits per heavy atom. The van der Waals surface area contributed by atoms with Gasteiger partial charge in [0, 0.05) is 34.3 Å². The molecule has 0 spiro atoms. The van der Waals surface area contributed by atoms with E-state index >= 15 is 0 Å². The lowest BCUT2D eigenvalue weighted by molar-refractivity contribution is 0.394. The minimum Gasteiger partial charge on any atom is -0.504 e. The van der Waals surface area contributed by atoms with Crippen molar-refractivity contribution in [1.29, 1.82) is 5.26 Å². The number of anilines is 1. The van der Waals surface area contributed by atoms with Gasteiger partial charge in [0.25, 0.3) is 0 Å². The Morgan fingerprint density at radius 2 is 1.81 bits per heavy atom. The second kappa shape index (κ2) is 5.97. The summed E-state index contributed by atoms with van der Waals surface area (Å²) in [6, 6.07) is 11.5. The molecule has 0 aliphatic carbocycles. The van der Waals surface area contributed by atoms with Gasteiger partial charge >= 0.3 is 0 Å².